The smallest absolute Gasteiger partial charge is 0.240 e. The molecule has 0 bridgehead atoms. The van der Waals surface area contributed by atoms with Crippen LogP contribution in [0.2, 0.25) is 0 Å². The maximum absolute atomic E-state index is 12.4. The minimum atomic E-state index is -3.61. The Bertz CT molecular complexity index is 800. The van der Waals surface area contributed by atoms with E-state index in [1.165, 1.54) is 12.1 Å². The Morgan fingerprint density at radius 1 is 1.29 bits per heavy atom. The van der Waals surface area contributed by atoms with Gasteiger partial charge in [0.2, 0.25) is 15.9 Å². The molecule has 1 aliphatic heterocycles. The summed E-state index contributed by atoms with van der Waals surface area (Å²) in [5, 5.41) is 4.07. The first-order valence-corrected chi connectivity index (χ1v) is 9.34. The summed E-state index contributed by atoms with van der Waals surface area (Å²) in [7, 11) is -3.61. The molecule has 0 radical (unpaired) electrons. The van der Waals surface area contributed by atoms with E-state index < -0.39 is 10.0 Å². The molecule has 8 heteroatoms. The van der Waals surface area contributed by atoms with E-state index >= 15 is 0 Å². The van der Waals surface area contributed by atoms with Crippen molar-refractivity contribution in [3.8, 4) is 0 Å². The highest BCUT2D eigenvalue weighted by atomic mass is 32.2. The Morgan fingerprint density at radius 2 is 2.04 bits per heavy atom. The van der Waals surface area contributed by atoms with Crippen LogP contribution in [0.15, 0.2) is 47.6 Å². The van der Waals surface area contributed by atoms with Crippen molar-refractivity contribution < 1.29 is 13.2 Å². The molecule has 1 aromatic carbocycles. The standard InChI is InChI=1S/C16H20N4O3S/c1-13(12-19-10-3-9-17-19)18-24(22,23)15-7-5-14(6-8-15)20-11-2-4-16(20)21/h3,5-10,13,18H,2,4,11-12H2,1H3/t13-/m0/s1. The number of rotatable bonds is 6. The van der Waals surface area contributed by atoms with E-state index in [4.69, 9.17) is 0 Å². The van der Waals surface area contributed by atoms with Crippen LogP contribution in [-0.4, -0.2) is 36.7 Å². The number of nitrogens with one attached hydrogen (secondary N) is 1. The number of aromatic nitrogens is 2. The van der Waals surface area contributed by atoms with Gasteiger partial charge in [-0.1, -0.05) is 0 Å². The molecular formula is C16H20N4O3S. The van der Waals surface area contributed by atoms with Gasteiger partial charge in [0.15, 0.2) is 0 Å². The zero-order valence-corrected chi connectivity index (χ0v) is 14.2. The second-order valence-corrected chi connectivity index (χ2v) is 7.61. The third-order valence-electron chi connectivity index (χ3n) is 3.91. The quantitative estimate of drug-likeness (QED) is 0.855. The van der Waals surface area contributed by atoms with Gasteiger partial charge in [-0.25, -0.2) is 13.1 Å². The first kappa shape index (κ1) is 16.7. The van der Waals surface area contributed by atoms with Crippen molar-refractivity contribution in [1.29, 1.82) is 0 Å². The van der Waals surface area contributed by atoms with Gasteiger partial charge in [0.1, 0.15) is 0 Å². The van der Waals surface area contributed by atoms with Gasteiger partial charge in [-0.2, -0.15) is 5.10 Å². The van der Waals surface area contributed by atoms with Crippen molar-refractivity contribution in [2.75, 3.05) is 11.4 Å². The number of carbonyl (C=O) groups excluding carboxylic acids is 1. The lowest BCUT2D eigenvalue weighted by Crippen LogP contribution is -2.35. The summed E-state index contributed by atoms with van der Waals surface area (Å²) >= 11 is 0. The monoisotopic (exact) mass is 348 g/mol. The average Bonchev–Trinajstić information content (AvgIpc) is 3.18. The van der Waals surface area contributed by atoms with Gasteiger partial charge in [-0.05, 0) is 43.7 Å². The van der Waals surface area contributed by atoms with Crippen LogP contribution in [0.25, 0.3) is 0 Å². The van der Waals surface area contributed by atoms with Crippen LogP contribution < -0.4 is 9.62 Å². The van der Waals surface area contributed by atoms with E-state index in [2.05, 4.69) is 9.82 Å². The summed E-state index contributed by atoms with van der Waals surface area (Å²) in [5.41, 5.74) is 0.737. The summed E-state index contributed by atoms with van der Waals surface area (Å²) < 4.78 is 29.2. The molecule has 1 saturated heterocycles. The van der Waals surface area contributed by atoms with Crippen LogP contribution in [0.4, 0.5) is 5.69 Å². The van der Waals surface area contributed by atoms with Gasteiger partial charge < -0.3 is 4.90 Å². The highest BCUT2D eigenvalue weighted by molar-refractivity contribution is 7.89. The van der Waals surface area contributed by atoms with Crippen molar-refractivity contribution in [3.63, 3.8) is 0 Å². The summed E-state index contributed by atoms with van der Waals surface area (Å²) in [6.45, 7) is 2.92. The van der Waals surface area contributed by atoms with Gasteiger partial charge >= 0.3 is 0 Å². The molecule has 0 aliphatic carbocycles. The van der Waals surface area contributed by atoms with Crippen molar-refractivity contribution >= 4 is 21.6 Å². The zero-order valence-electron chi connectivity index (χ0n) is 13.4. The highest BCUT2D eigenvalue weighted by Crippen LogP contribution is 2.23. The van der Waals surface area contributed by atoms with E-state index in [0.717, 1.165) is 12.1 Å². The van der Waals surface area contributed by atoms with Crippen molar-refractivity contribution in [3.05, 3.63) is 42.7 Å². The third kappa shape index (κ3) is 3.65. The fourth-order valence-corrected chi connectivity index (χ4v) is 4.02. The Labute approximate surface area is 141 Å². The largest absolute Gasteiger partial charge is 0.312 e. The van der Waals surface area contributed by atoms with Crippen LogP contribution in [0, 0.1) is 0 Å². The van der Waals surface area contributed by atoms with Crippen LogP contribution in [0.1, 0.15) is 19.8 Å². The third-order valence-corrected chi connectivity index (χ3v) is 5.51. The molecule has 1 atom stereocenters. The van der Waals surface area contributed by atoms with Crippen molar-refractivity contribution in [2.45, 2.75) is 37.2 Å². The second-order valence-electron chi connectivity index (χ2n) is 5.89. The molecule has 128 valence electrons. The average molecular weight is 348 g/mol. The molecule has 1 aliphatic rings. The number of anilines is 1. The van der Waals surface area contributed by atoms with E-state index in [9.17, 15) is 13.2 Å². The fourth-order valence-electron chi connectivity index (χ4n) is 2.79. The van der Waals surface area contributed by atoms with Gasteiger partial charge in [-0.3, -0.25) is 9.48 Å². The summed E-state index contributed by atoms with van der Waals surface area (Å²) in [6.07, 6.45) is 4.82. The predicted octanol–water partition coefficient (Wildman–Crippen LogP) is 1.38. The zero-order chi connectivity index (χ0) is 17.2. The van der Waals surface area contributed by atoms with Gasteiger partial charge in [0.05, 0.1) is 11.4 Å². The molecular weight excluding hydrogens is 328 g/mol. The van der Waals surface area contributed by atoms with Gasteiger partial charge in [0, 0.05) is 37.1 Å². The predicted molar refractivity (Wildman–Crippen MR) is 90.0 cm³/mol. The number of carbonyl (C=O) groups is 1. The molecule has 24 heavy (non-hydrogen) atoms. The number of benzene rings is 1. The lowest BCUT2D eigenvalue weighted by molar-refractivity contribution is -0.117. The molecule has 1 N–H and O–H groups in total. The molecule has 7 nitrogen and oxygen atoms in total. The van der Waals surface area contributed by atoms with Gasteiger partial charge in [0.25, 0.3) is 0 Å². The van der Waals surface area contributed by atoms with Crippen LogP contribution in [0.3, 0.4) is 0 Å². The Morgan fingerprint density at radius 3 is 2.62 bits per heavy atom. The molecule has 0 saturated carbocycles. The molecule has 1 amide bonds. The molecule has 2 heterocycles. The van der Waals surface area contributed by atoms with Crippen LogP contribution in [-0.2, 0) is 21.4 Å². The molecule has 0 unspecified atom stereocenters. The van der Waals surface area contributed by atoms with Crippen LogP contribution in [0.5, 0.6) is 0 Å². The molecule has 3 rings (SSSR count). The first-order chi connectivity index (χ1) is 11.5. The summed E-state index contributed by atoms with van der Waals surface area (Å²) in [4.78, 5) is 13.6. The number of sulfonamides is 1. The maximum Gasteiger partial charge on any atom is 0.240 e. The number of nitrogens with zero attached hydrogens (tertiary/aromatic N) is 3. The van der Waals surface area contributed by atoms with E-state index in [1.54, 1.807) is 47.1 Å². The lowest BCUT2D eigenvalue weighted by Gasteiger charge is -2.17. The number of hydrogen-bond acceptors (Lipinski definition) is 4. The molecule has 2 aromatic rings. The maximum atomic E-state index is 12.4. The van der Waals surface area contributed by atoms with Gasteiger partial charge in [-0.15, -0.1) is 0 Å². The van der Waals surface area contributed by atoms with Crippen LogP contribution >= 0.6 is 0 Å². The summed E-state index contributed by atoms with van der Waals surface area (Å²) in [5.74, 6) is 0.0802. The Kier molecular flexibility index (Phi) is 4.68. The first-order valence-electron chi connectivity index (χ1n) is 7.86. The van der Waals surface area contributed by atoms with E-state index in [-0.39, 0.29) is 16.8 Å². The SMILES string of the molecule is C[C@@H](Cn1cccn1)NS(=O)(=O)c1ccc(N2CCCC2=O)cc1. The van der Waals surface area contributed by atoms with Crippen molar-refractivity contribution in [2.24, 2.45) is 0 Å². The Hall–Kier alpha value is -2.19. The summed E-state index contributed by atoms with van der Waals surface area (Å²) in [6, 6.07) is 7.91. The van der Waals surface area contributed by atoms with E-state index in [1.807, 2.05) is 0 Å². The molecule has 0 spiro atoms. The Balaban J connectivity index is 1.69. The van der Waals surface area contributed by atoms with Crippen molar-refractivity contribution in [1.82, 2.24) is 14.5 Å². The topological polar surface area (TPSA) is 84.3 Å². The minimum Gasteiger partial charge on any atom is -0.312 e. The second kappa shape index (κ2) is 6.74. The van der Waals surface area contributed by atoms with E-state index in [0.29, 0.717) is 19.5 Å². The minimum absolute atomic E-state index is 0.0802. The normalized spacial score (nSPS) is 16.5. The molecule has 1 aromatic heterocycles. The number of amides is 1. The number of hydrogen-bond donors (Lipinski definition) is 1. The molecule has 1 fully saturated rings. The fraction of sp³-hybridized carbons (Fsp3) is 0.375. The lowest BCUT2D eigenvalue weighted by atomic mass is 10.3. The highest BCUT2D eigenvalue weighted by Gasteiger charge is 2.23.